The van der Waals surface area contributed by atoms with Crippen LogP contribution in [0.3, 0.4) is 0 Å². The second-order valence-electron chi connectivity index (χ2n) is 6.24. The van der Waals surface area contributed by atoms with E-state index in [1.165, 1.54) is 0 Å². The first-order chi connectivity index (χ1) is 9.42. The number of likely N-dealkylation sites (tertiary alicyclic amines) is 1. The standard InChI is InChI=1S/C14H24N2O4/c1-14(2)10-20-8-7-16(14)13(19)15-6-4-3-5-11(15)9-12(17)18/h11H,3-10H2,1-2H3,(H,17,18). The summed E-state index contributed by atoms with van der Waals surface area (Å²) in [6.45, 7) is 6.27. The van der Waals surface area contributed by atoms with Gasteiger partial charge in [-0.1, -0.05) is 0 Å². The number of morpholine rings is 1. The lowest BCUT2D eigenvalue weighted by Gasteiger charge is -2.46. The minimum atomic E-state index is -0.837. The summed E-state index contributed by atoms with van der Waals surface area (Å²) in [4.78, 5) is 27.3. The van der Waals surface area contributed by atoms with Crippen LogP contribution in [-0.2, 0) is 9.53 Å². The predicted octanol–water partition coefficient (Wildman–Crippen LogP) is 1.55. The van der Waals surface area contributed by atoms with Crippen LogP contribution in [0, 0.1) is 0 Å². The fourth-order valence-corrected chi connectivity index (χ4v) is 3.03. The van der Waals surface area contributed by atoms with E-state index in [0.717, 1.165) is 19.3 Å². The maximum absolute atomic E-state index is 12.8. The van der Waals surface area contributed by atoms with Crippen LogP contribution in [0.25, 0.3) is 0 Å². The van der Waals surface area contributed by atoms with E-state index >= 15 is 0 Å². The molecule has 2 rings (SSSR count). The summed E-state index contributed by atoms with van der Waals surface area (Å²) in [5.41, 5.74) is -0.333. The van der Waals surface area contributed by atoms with E-state index in [1.54, 1.807) is 4.90 Å². The SMILES string of the molecule is CC1(C)COCCN1C(=O)N1CCCCC1CC(=O)O. The molecule has 0 aromatic carbocycles. The lowest BCUT2D eigenvalue weighted by Crippen LogP contribution is -2.61. The molecule has 0 radical (unpaired) electrons. The van der Waals surface area contributed by atoms with Gasteiger partial charge in [-0.3, -0.25) is 4.79 Å². The van der Waals surface area contributed by atoms with E-state index in [1.807, 2.05) is 18.7 Å². The Morgan fingerprint density at radius 1 is 1.30 bits per heavy atom. The first-order valence-electron chi connectivity index (χ1n) is 7.29. The van der Waals surface area contributed by atoms with Gasteiger partial charge in [0.05, 0.1) is 25.2 Å². The third kappa shape index (κ3) is 3.23. The second-order valence-corrected chi connectivity index (χ2v) is 6.24. The molecule has 0 aromatic rings. The van der Waals surface area contributed by atoms with Gasteiger partial charge in [0.2, 0.25) is 0 Å². The Morgan fingerprint density at radius 2 is 2.05 bits per heavy atom. The number of aliphatic carboxylic acids is 1. The van der Waals surface area contributed by atoms with Crippen LogP contribution in [0.4, 0.5) is 4.79 Å². The zero-order valence-corrected chi connectivity index (χ0v) is 12.3. The van der Waals surface area contributed by atoms with Crippen molar-refractivity contribution in [1.82, 2.24) is 9.80 Å². The Hall–Kier alpha value is -1.30. The number of carboxylic acids is 1. The highest BCUT2D eigenvalue weighted by atomic mass is 16.5. The highest BCUT2D eigenvalue weighted by molar-refractivity contribution is 5.77. The molecule has 1 atom stereocenters. The molecule has 2 saturated heterocycles. The molecule has 0 aliphatic carbocycles. The van der Waals surface area contributed by atoms with Gasteiger partial charge in [0, 0.05) is 19.1 Å². The largest absolute Gasteiger partial charge is 0.481 e. The lowest BCUT2D eigenvalue weighted by atomic mass is 9.98. The van der Waals surface area contributed by atoms with Crippen LogP contribution in [0.1, 0.15) is 39.5 Å². The van der Waals surface area contributed by atoms with Crippen molar-refractivity contribution in [1.29, 1.82) is 0 Å². The fraction of sp³-hybridized carbons (Fsp3) is 0.857. The molecule has 1 N–H and O–H groups in total. The molecule has 0 aromatic heterocycles. The third-order valence-corrected chi connectivity index (χ3v) is 4.16. The van der Waals surface area contributed by atoms with Crippen molar-refractivity contribution < 1.29 is 19.4 Å². The minimum absolute atomic E-state index is 0.0377. The summed E-state index contributed by atoms with van der Waals surface area (Å²) < 4.78 is 5.44. The summed E-state index contributed by atoms with van der Waals surface area (Å²) in [5.74, 6) is -0.837. The van der Waals surface area contributed by atoms with Gasteiger partial charge in [-0.2, -0.15) is 0 Å². The van der Waals surface area contributed by atoms with Crippen molar-refractivity contribution in [2.75, 3.05) is 26.3 Å². The smallest absolute Gasteiger partial charge is 0.320 e. The molecule has 0 bridgehead atoms. The monoisotopic (exact) mass is 284 g/mol. The maximum atomic E-state index is 12.8. The van der Waals surface area contributed by atoms with Gasteiger partial charge < -0.3 is 19.6 Å². The number of amides is 2. The minimum Gasteiger partial charge on any atom is -0.481 e. The van der Waals surface area contributed by atoms with E-state index in [4.69, 9.17) is 9.84 Å². The molecule has 0 spiro atoms. The first-order valence-corrected chi connectivity index (χ1v) is 7.29. The van der Waals surface area contributed by atoms with E-state index in [0.29, 0.717) is 26.3 Å². The van der Waals surface area contributed by atoms with Gasteiger partial charge in [0.15, 0.2) is 0 Å². The molecular weight excluding hydrogens is 260 g/mol. The number of hydrogen-bond acceptors (Lipinski definition) is 3. The first kappa shape index (κ1) is 15.1. The van der Waals surface area contributed by atoms with Crippen molar-refractivity contribution in [3.63, 3.8) is 0 Å². The normalized spacial score (nSPS) is 26.4. The number of urea groups is 1. The summed E-state index contributed by atoms with van der Waals surface area (Å²) in [7, 11) is 0. The van der Waals surface area contributed by atoms with Crippen LogP contribution in [0.5, 0.6) is 0 Å². The molecule has 2 amide bonds. The van der Waals surface area contributed by atoms with Gasteiger partial charge in [-0.05, 0) is 33.1 Å². The van der Waals surface area contributed by atoms with Gasteiger partial charge in [-0.15, -0.1) is 0 Å². The van der Waals surface area contributed by atoms with Crippen molar-refractivity contribution in [2.24, 2.45) is 0 Å². The van der Waals surface area contributed by atoms with Crippen LogP contribution >= 0.6 is 0 Å². The highest BCUT2D eigenvalue weighted by Crippen LogP contribution is 2.26. The Balaban J connectivity index is 2.10. The molecule has 2 aliphatic heterocycles. The Kier molecular flexibility index (Phi) is 4.52. The van der Waals surface area contributed by atoms with E-state index < -0.39 is 5.97 Å². The van der Waals surface area contributed by atoms with Crippen LogP contribution in [0.15, 0.2) is 0 Å². The summed E-state index contributed by atoms with van der Waals surface area (Å²) in [6, 6.07) is -0.211. The number of piperidine rings is 1. The number of nitrogens with zero attached hydrogens (tertiary/aromatic N) is 2. The molecule has 2 heterocycles. The topological polar surface area (TPSA) is 70.1 Å². The number of rotatable bonds is 2. The lowest BCUT2D eigenvalue weighted by molar-refractivity contribution is -0.138. The molecule has 1 unspecified atom stereocenters. The van der Waals surface area contributed by atoms with Crippen molar-refractivity contribution in [2.45, 2.75) is 51.1 Å². The van der Waals surface area contributed by atoms with Crippen molar-refractivity contribution in [3.8, 4) is 0 Å². The molecule has 20 heavy (non-hydrogen) atoms. The average molecular weight is 284 g/mol. The summed E-state index contributed by atoms with van der Waals surface area (Å²) in [6.07, 6.45) is 2.76. The molecule has 2 aliphatic rings. The number of carboxylic acid groups (broad SMARTS) is 1. The Bertz CT molecular complexity index is 383. The predicted molar refractivity (Wildman–Crippen MR) is 73.6 cm³/mol. The van der Waals surface area contributed by atoms with Gasteiger partial charge in [0.1, 0.15) is 0 Å². The maximum Gasteiger partial charge on any atom is 0.320 e. The number of hydrogen-bond donors (Lipinski definition) is 1. The summed E-state index contributed by atoms with van der Waals surface area (Å²) >= 11 is 0. The van der Waals surface area contributed by atoms with Crippen LogP contribution < -0.4 is 0 Å². The third-order valence-electron chi connectivity index (χ3n) is 4.16. The Morgan fingerprint density at radius 3 is 2.70 bits per heavy atom. The number of ether oxygens (including phenoxy) is 1. The quantitative estimate of drug-likeness (QED) is 0.835. The van der Waals surface area contributed by atoms with Gasteiger partial charge in [0.25, 0.3) is 0 Å². The number of carbonyl (C=O) groups excluding carboxylic acids is 1. The molecule has 0 saturated carbocycles. The molecule has 2 fully saturated rings. The molecular formula is C14H24N2O4. The van der Waals surface area contributed by atoms with E-state index in [9.17, 15) is 9.59 Å². The zero-order chi connectivity index (χ0) is 14.8. The van der Waals surface area contributed by atoms with Crippen molar-refractivity contribution in [3.05, 3.63) is 0 Å². The summed E-state index contributed by atoms with van der Waals surface area (Å²) in [5, 5.41) is 9.01. The fourth-order valence-electron chi connectivity index (χ4n) is 3.03. The van der Waals surface area contributed by atoms with Gasteiger partial charge >= 0.3 is 12.0 Å². The average Bonchev–Trinajstić information content (AvgIpc) is 2.37. The second kappa shape index (κ2) is 5.99. The highest BCUT2D eigenvalue weighted by Gasteiger charge is 2.39. The molecule has 6 nitrogen and oxygen atoms in total. The van der Waals surface area contributed by atoms with E-state index in [2.05, 4.69) is 0 Å². The van der Waals surface area contributed by atoms with Crippen molar-refractivity contribution >= 4 is 12.0 Å². The zero-order valence-electron chi connectivity index (χ0n) is 12.3. The van der Waals surface area contributed by atoms with E-state index in [-0.39, 0.29) is 24.0 Å². The van der Waals surface area contributed by atoms with Crippen LogP contribution in [-0.4, -0.2) is 64.8 Å². The number of carbonyl (C=O) groups is 2. The van der Waals surface area contributed by atoms with Gasteiger partial charge in [-0.25, -0.2) is 4.79 Å². The molecule has 6 heteroatoms. The van der Waals surface area contributed by atoms with Crippen LogP contribution in [0.2, 0.25) is 0 Å². The Labute approximate surface area is 119 Å². The molecule has 114 valence electrons.